The van der Waals surface area contributed by atoms with Crippen molar-refractivity contribution >= 4 is 22.6 Å². The number of benzene rings is 1. The number of amidine groups is 1. The normalized spacial score (nSPS) is 32.3. The molecule has 4 aliphatic heterocycles. The van der Waals surface area contributed by atoms with Gasteiger partial charge in [0.05, 0.1) is 23.8 Å². The fourth-order valence-electron chi connectivity index (χ4n) is 4.36. The molecule has 0 radical (unpaired) electrons. The molecule has 5 heterocycles. The standard InChI is InChI=1S/C17H21N5O/c1-21-11-18-14-3-2-13(8-15(14)21)19-16-9-17(23-20-16)10-22-6-4-12(17)5-7-22/h2-3,8,11-12H,4-7,9-10H2,1H3,(H,19,20)/t17-/m0/s1. The third-order valence-corrected chi connectivity index (χ3v) is 5.64. The molecule has 3 saturated heterocycles. The summed E-state index contributed by atoms with van der Waals surface area (Å²) in [6.45, 7) is 3.46. The monoisotopic (exact) mass is 311 g/mol. The lowest BCUT2D eigenvalue weighted by Gasteiger charge is -2.49. The van der Waals surface area contributed by atoms with Crippen molar-refractivity contribution in [2.24, 2.45) is 18.1 Å². The van der Waals surface area contributed by atoms with Gasteiger partial charge in [-0.25, -0.2) is 4.98 Å². The van der Waals surface area contributed by atoms with Gasteiger partial charge in [-0.1, -0.05) is 5.16 Å². The van der Waals surface area contributed by atoms with Crippen molar-refractivity contribution < 1.29 is 4.84 Å². The first kappa shape index (κ1) is 13.4. The molecule has 0 unspecified atom stereocenters. The smallest absolute Gasteiger partial charge is 0.160 e. The average Bonchev–Trinajstić information content (AvgIpc) is 3.13. The van der Waals surface area contributed by atoms with Crippen molar-refractivity contribution in [1.82, 2.24) is 14.5 Å². The Kier molecular flexibility index (Phi) is 2.74. The number of rotatable bonds is 1. The lowest BCUT2D eigenvalue weighted by atomic mass is 9.73. The van der Waals surface area contributed by atoms with E-state index in [0.717, 1.165) is 35.5 Å². The van der Waals surface area contributed by atoms with E-state index >= 15 is 0 Å². The van der Waals surface area contributed by atoms with Gasteiger partial charge in [0.1, 0.15) is 0 Å². The Morgan fingerprint density at radius 2 is 2.17 bits per heavy atom. The molecule has 6 rings (SSSR count). The Labute approximate surface area is 135 Å². The maximum atomic E-state index is 5.96. The molecule has 1 aromatic carbocycles. The number of anilines is 1. The zero-order valence-electron chi connectivity index (χ0n) is 13.3. The summed E-state index contributed by atoms with van der Waals surface area (Å²) in [6.07, 6.45) is 5.21. The molecule has 120 valence electrons. The molecular formula is C17H21N5O. The molecule has 0 aliphatic carbocycles. The zero-order chi connectivity index (χ0) is 15.4. The maximum Gasteiger partial charge on any atom is 0.160 e. The average molecular weight is 311 g/mol. The van der Waals surface area contributed by atoms with Gasteiger partial charge >= 0.3 is 0 Å². The second kappa shape index (κ2) is 4.71. The van der Waals surface area contributed by atoms with Crippen LogP contribution in [0.15, 0.2) is 29.7 Å². The van der Waals surface area contributed by atoms with Crippen molar-refractivity contribution in [1.29, 1.82) is 0 Å². The number of nitrogens with zero attached hydrogens (tertiary/aromatic N) is 4. The molecule has 2 bridgehead atoms. The first-order chi connectivity index (χ1) is 11.2. The zero-order valence-corrected chi connectivity index (χ0v) is 13.3. The minimum absolute atomic E-state index is 0.0878. The number of piperidine rings is 3. The van der Waals surface area contributed by atoms with E-state index in [1.807, 2.05) is 24.0 Å². The number of aryl methyl sites for hydroxylation is 1. The highest BCUT2D eigenvalue weighted by Crippen LogP contribution is 2.43. The van der Waals surface area contributed by atoms with Gasteiger partial charge in [-0.3, -0.25) is 4.90 Å². The third-order valence-electron chi connectivity index (χ3n) is 5.64. The maximum absolute atomic E-state index is 5.96. The summed E-state index contributed by atoms with van der Waals surface area (Å²) in [5.74, 6) is 1.59. The highest BCUT2D eigenvalue weighted by Gasteiger charge is 2.52. The topological polar surface area (TPSA) is 54.7 Å². The molecule has 23 heavy (non-hydrogen) atoms. The first-order valence-electron chi connectivity index (χ1n) is 8.37. The highest BCUT2D eigenvalue weighted by molar-refractivity contribution is 5.98. The quantitative estimate of drug-likeness (QED) is 0.877. The van der Waals surface area contributed by atoms with Crippen molar-refractivity contribution in [2.45, 2.75) is 24.9 Å². The van der Waals surface area contributed by atoms with Crippen LogP contribution in [0.3, 0.4) is 0 Å². The number of fused-ring (bicyclic) bond motifs is 3. The Hall–Kier alpha value is -2.08. The molecule has 0 saturated carbocycles. The van der Waals surface area contributed by atoms with Crippen molar-refractivity contribution in [3.8, 4) is 0 Å². The lowest BCUT2D eigenvalue weighted by molar-refractivity contribution is -0.136. The van der Waals surface area contributed by atoms with E-state index in [1.54, 1.807) is 0 Å². The van der Waals surface area contributed by atoms with E-state index < -0.39 is 0 Å². The van der Waals surface area contributed by atoms with Gasteiger partial charge in [0, 0.05) is 25.2 Å². The van der Waals surface area contributed by atoms with E-state index in [2.05, 4.69) is 32.5 Å². The number of hydrogen-bond acceptors (Lipinski definition) is 5. The van der Waals surface area contributed by atoms with E-state index in [0.29, 0.717) is 5.92 Å². The third kappa shape index (κ3) is 2.05. The molecular weight excluding hydrogens is 290 g/mol. The predicted octanol–water partition coefficient (Wildman–Crippen LogP) is 2.18. The Bertz CT molecular complexity index is 789. The molecule has 6 heteroatoms. The number of nitrogens with one attached hydrogen (secondary N) is 1. The van der Waals surface area contributed by atoms with Crippen LogP contribution in [0.1, 0.15) is 19.3 Å². The van der Waals surface area contributed by atoms with E-state index in [1.165, 1.54) is 25.9 Å². The van der Waals surface area contributed by atoms with Crippen LogP contribution in [0.2, 0.25) is 0 Å². The summed E-state index contributed by atoms with van der Waals surface area (Å²) >= 11 is 0. The summed E-state index contributed by atoms with van der Waals surface area (Å²) in [5.41, 5.74) is 3.08. The fourth-order valence-corrected chi connectivity index (χ4v) is 4.36. The van der Waals surface area contributed by atoms with E-state index in [9.17, 15) is 0 Å². The van der Waals surface area contributed by atoms with Crippen molar-refractivity contribution in [3.05, 3.63) is 24.5 Å². The van der Waals surface area contributed by atoms with Crippen LogP contribution in [0.25, 0.3) is 11.0 Å². The first-order valence-corrected chi connectivity index (χ1v) is 8.37. The Morgan fingerprint density at radius 1 is 1.30 bits per heavy atom. The lowest BCUT2D eigenvalue weighted by Crippen LogP contribution is -2.59. The van der Waals surface area contributed by atoms with Crippen LogP contribution >= 0.6 is 0 Å². The molecule has 3 fully saturated rings. The van der Waals surface area contributed by atoms with Gasteiger partial charge in [0.2, 0.25) is 0 Å². The largest absolute Gasteiger partial charge is 0.386 e. The second-order valence-corrected chi connectivity index (χ2v) is 7.11. The van der Waals surface area contributed by atoms with Gasteiger partial charge in [-0.2, -0.15) is 0 Å². The SMILES string of the molecule is Cn1cnc2ccc(NC3=NO[C@@]4(C3)CN3CCC4CC3)cc21. The summed E-state index contributed by atoms with van der Waals surface area (Å²) in [4.78, 5) is 12.8. The van der Waals surface area contributed by atoms with Gasteiger partial charge in [0.25, 0.3) is 0 Å². The summed E-state index contributed by atoms with van der Waals surface area (Å²) in [6, 6.07) is 6.21. The fraction of sp³-hybridized carbons (Fsp3) is 0.529. The summed E-state index contributed by atoms with van der Waals surface area (Å²) < 4.78 is 2.03. The van der Waals surface area contributed by atoms with Gasteiger partial charge in [-0.15, -0.1) is 0 Å². The number of aromatic nitrogens is 2. The Balaban J connectivity index is 1.36. The number of hydrogen-bond donors (Lipinski definition) is 1. The Morgan fingerprint density at radius 3 is 2.96 bits per heavy atom. The van der Waals surface area contributed by atoms with E-state index in [4.69, 9.17) is 4.84 Å². The van der Waals surface area contributed by atoms with Gasteiger partial charge < -0.3 is 14.7 Å². The molecule has 1 spiro atoms. The molecule has 6 nitrogen and oxygen atoms in total. The van der Waals surface area contributed by atoms with Crippen molar-refractivity contribution in [3.63, 3.8) is 0 Å². The molecule has 1 atom stereocenters. The summed E-state index contributed by atoms with van der Waals surface area (Å²) in [7, 11) is 2.01. The summed E-state index contributed by atoms with van der Waals surface area (Å²) in [5, 5.41) is 7.82. The molecule has 0 amide bonds. The van der Waals surface area contributed by atoms with Crippen LogP contribution in [-0.4, -0.2) is 45.5 Å². The number of imidazole rings is 1. The molecule has 2 aromatic rings. The highest BCUT2D eigenvalue weighted by atomic mass is 16.7. The van der Waals surface area contributed by atoms with Crippen molar-refractivity contribution in [2.75, 3.05) is 25.0 Å². The van der Waals surface area contributed by atoms with Crippen LogP contribution in [0.4, 0.5) is 5.69 Å². The minimum Gasteiger partial charge on any atom is -0.386 e. The molecule has 1 N–H and O–H groups in total. The van der Waals surface area contributed by atoms with Gasteiger partial charge in [-0.05, 0) is 44.1 Å². The number of oxime groups is 1. The molecule has 4 aliphatic rings. The van der Waals surface area contributed by atoms with E-state index in [-0.39, 0.29) is 5.60 Å². The van der Waals surface area contributed by atoms with Crippen LogP contribution in [-0.2, 0) is 11.9 Å². The van der Waals surface area contributed by atoms with Crippen LogP contribution in [0.5, 0.6) is 0 Å². The minimum atomic E-state index is -0.0878. The predicted molar refractivity (Wildman–Crippen MR) is 89.4 cm³/mol. The molecule has 1 aromatic heterocycles. The van der Waals surface area contributed by atoms with Gasteiger partial charge in [0.15, 0.2) is 11.4 Å². The van der Waals surface area contributed by atoms with Crippen LogP contribution in [0, 0.1) is 5.92 Å². The van der Waals surface area contributed by atoms with Crippen LogP contribution < -0.4 is 5.32 Å². The second-order valence-electron chi connectivity index (χ2n) is 7.11.